The number of halogens is 2. The lowest BCUT2D eigenvalue weighted by molar-refractivity contribution is 0.414. The minimum Gasteiger partial charge on any atom is -0.497 e. The number of hydrogen-bond acceptors (Lipinski definition) is 3. The first-order valence-electron chi connectivity index (χ1n) is 8.08. The predicted molar refractivity (Wildman–Crippen MR) is 102 cm³/mol. The molecule has 1 N–H and O–H groups in total. The number of aromatic nitrogens is 2. The van der Waals surface area contributed by atoms with Gasteiger partial charge >= 0.3 is 0 Å². The van der Waals surface area contributed by atoms with Crippen molar-refractivity contribution < 1.29 is 4.74 Å². The van der Waals surface area contributed by atoms with E-state index < -0.39 is 0 Å². The summed E-state index contributed by atoms with van der Waals surface area (Å²) in [5.41, 5.74) is 4.29. The fourth-order valence-corrected chi connectivity index (χ4v) is 3.68. The van der Waals surface area contributed by atoms with Crippen molar-refractivity contribution in [1.82, 2.24) is 9.78 Å². The maximum Gasteiger partial charge on any atom is 0.133 e. The molecule has 0 atom stereocenters. The first kappa shape index (κ1) is 16.3. The number of anilines is 1. The Hall–Kier alpha value is -2.17. The zero-order chi connectivity index (χ0) is 17.4. The summed E-state index contributed by atoms with van der Waals surface area (Å²) in [4.78, 5) is 0. The third kappa shape index (κ3) is 3.08. The Morgan fingerprint density at radius 2 is 2.08 bits per heavy atom. The molecule has 0 unspecified atom stereocenters. The first-order chi connectivity index (χ1) is 12.2. The van der Waals surface area contributed by atoms with Gasteiger partial charge in [-0.1, -0.05) is 35.3 Å². The Kier molecular flexibility index (Phi) is 4.32. The van der Waals surface area contributed by atoms with Gasteiger partial charge in [0, 0.05) is 23.6 Å². The van der Waals surface area contributed by atoms with Crippen LogP contribution in [0, 0.1) is 0 Å². The van der Waals surface area contributed by atoms with Gasteiger partial charge in [-0.15, -0.1) is 0 Å². The molecule has 4 rings (SSSR count). The molecular weight excluding hydrogens is 357 g/mol. The summed E-state index contributed by atoms with van der Waals surface area (Å²) in [5.74, 6) is 1.87. The van der Waals surface area contributed by atoms with Crippen LogP contribution in [0.3, 0.4) is 0 Å². The summed E-state index contributed by atoms with van der Waals surface area (Å²) in [6.07, 6.45) is 1.71. The van der Waals surface area contributed by atoms with Crippen LogP contribution in [0.2, 0.25) is 10.0 Å². The maximum absolute atomic E-state index is 6.39. The highest BCUT2D eigenvalue weighted by Gasteiger charge is 2.24. The van der Waals surface area contributed by atoms with Crippen molar-refractivity contribution in [3.05, 3.63) is 69.3 Å². The van der Waals surface area contributed by atoms with Crippen LogP contribution in [-0.4, -0.2) is 23.4 Å². The summed E-state index contributed by atoms with van der Waals surface area (Å²) < 4.78 is 7.20. The molecular formula is C19H17Cl2N3O. The Labute approximate surface area is 156 Å². The third-order valence-electron chi connectivity index (χ3n) is 4.38. The van der Waals surface area contributed by atoms with Crippen LogP contribution in [0.5, 0.6) is 5.75 Å². The van der Waals surface area contributed by atoms with Crippen molar-refractivity contribution in [3.8, 4) is 11.4 Å². The van der Waals surface area contributed by atoms with Crippen LogP contribution >= 0.6 is 23.2 Å². The minimum absolute atomic E-state index is 0.583. The number of hydrogen-bond donors (Lipinski definition) is 1. The number of rotatable bonds is 4. The summed E-state index contributed by atoms with van der Waals surface area (Å²) in [5, 5.41) is 9.45. The molecule has 0 spiro atoms. The number of nitrogens with one attached hydrogen (secondary N) is 1. The van der Waals surface area contributed by atoms with Gasteiger partial charge in [0.05, 0.1) is 23.5 Å². The van der Waals surface area contributed by atoms with Crippen LogP contribution in [0.25, 0.3) is 5.69 Å². The van der Waals surface area contributed by atoms with E-state index in [9.17, 15) is 0 Å². The lowest BCUT2D eigenvalue weighted by Gasteiger charge is -2.08. The van der Waals surface area contributed by atoms with E-state index in [4.69, 9.17) is 33.0 Å². The third-order valence-corrected chi connectivity index (χ3v) is 4.92. The molecule has 0 saturated heterocycles. The zero-order valence-corrected chi connectivity index (χ0v) is 15.2. The Morgan fingerprint density at radius 3 is 2.88 bits per heavy atom. The maximum atomic E-state index is 6.39. The Balaban J connectivity index is 1.75. The van der Waals surface area contributed by atoms with Crippen LogP contribution in [-0.2, 0) is 12.8 Å². The summed E-state index contributed by atoms with van der Waals surface area (Å²) in [6.45, 7) is 0.906. The average Bonchev–Trinajstić information content (AvgIpc) is 3.20. The molecule has 25 heavy (non-hydrogen) atoms. The molecule has 0 amide bonds. The molecule has 1 aromatic heterocycles. The van der Waals surface area contributed by atoms with Gasteiger partial charge in [-0.2, -0.15) is 5.10 Å². The van der Waals surface area contributed by atoms with Gasteiger partial charge in [-0.3, -0.25) is 0 Å². The molecule has 0 saturated carbocycles. The molecule has 128 valence electrons. The molecule has 4 nitrogen and oxygen atoms in total. The highest BCUT2D eigenvalue weighted by Crippen LogP contribution is 2.33. The lowest BCUT2D eigenvalue weighted by atomic mass is 10.1. The van der Waals surface area contributed by atoms with E-state index in [0.717, 1.165) is 42.3 Å². The summed E-state index contributed by atoms with van der Waals surface area (Å²) in [6, 6.07) is 13.5. The van der Waals surface area contributed by atoms with Gasteiger partial charge in [0.25, 0.3) is 0 Å². The predicted octanol–water partition coefficient (Wildman–Crippen LogP) is 4.75. The Bertz CT molecular complexity index is 936. The largest absolute Gasteiger partial charge is 0.497 e. The monoisotopic (exact) mass is 373 g/mol. The van der Waals surface area contributed by atoms with Crippen molar-refractivity contribution in [2.24, 2.45) is 0 Å². The smallest absolute Gasteiger partial charge is 0.133 e. The molecule has 0 fully saturated rings. The van der Waals surface area contributed by atoms with Gasteiger partial charge in [0.2, 0.25) is 0 Å². The number of benzene rings is 2. The molecule has 2 heterocycles. The van der Waals surface area contributed by atoms with E-state index in [0.29, 0.717) is 10.0 Å². The second-order valence-electron chi connectivity index (χ2n) is 5.99. The van der Waals surface area contributed by atoms with Crippen molar-refractivity contribution in [1.29, 1.82) is 0 Å². The summed E-state index contributed by atoms with van der Waals surface area (Å²) in [7, 11) is 1.68. The second kappa shape index (κ2) is 6.62. The van der Waals surface area contributed by atoms with Gasteiger partial charge in [-0.25, -0.2) is 4.68 Å². The van der Waals surface area contributed by atoms with Gasteiger partial charge in [-0.05, 0) is 42.3 Å². The van der Waals surface area contributed by atoms with Crippen molar-refractivity contribution in [2.45, 2.75) is 12.8 Å². The number of nitrogens with zero attached hydrogens (tertiary/aromatic N) is 2. The molecule has 3 aromatic rings. The molecule has 2 aromatic carbocycles. The second-order valence-corrected chi connectivity index (χ2v) is 6.83. The van der Waals surface area contributed by atoms with Crippen LogP contribution in [0.4, 0.5) is 5.82 Å². The van der Waals surface area contributed by atoms with E-state index in [1.54, 1.807) is 13.2 Å². The molecule has 1 aliphatic heterocycles. The van der Waals surface area contributed by atoms with Crippen LogP contribution in [0.1, 0.15) is 16.8 Å². The fraction of sp³-hybridized carbons (Fsp3) is 0.211. The number of ether oxygens (including phenoxy) is 1. The van der Waals surface area contributed by atoms with E-state index >= 15 is 0 Å². The highest BCUT2D eigenvalue weighted by molar-refractivity contribution is 6.35. The van der Waals surface area contributed by atoms with Crippen molar-refractivity contribution in [3.63, 3.8) is 0 Å². The fourth-order valence-electron chi connectivity index (χ4n) is 3.19. The average molecular weight is 374 g/mol. The molecule has 0 radical (unpaired) electrons. The SMILES string of the molecule is COc1cccc(Cc2nn(-c3ccc(Cl)cc3Cl)c3c2CCN3)c1. The van der Waals surface area contributed by atoms with Crippen LogP contribution in [0.15, 0.2) is 42.5 Å². The Morgan fingerprint density at radius 1 is 1.20 bits per heavy atom. The molecule has 0 bridgehead atoms. The highest BCUT2D eigenvalue weighted by atomic mass is 35.5. The number of methoxy groups -OCH3 is 1. The quantitative estimate of drug-likeness (QED) is 0.717. The first-order valence-corrected chi connectivity index (χ1v) is 8.84. The minimum atomic E-state index is 0.583. The molecule has 6 heteroatoms. The normalized spacial score (nSPS) is 12.8. The van der Waals surface area contributed by atoms with Gasteiger partial charge in [0.1, 0.15) is 11.6 Å². The van der Waals surface area contributed by atoms with Crippen molar-refractivity contribution >= 4 is 29.0 Å². The molecule has 1 aliphatic rings. The van der Waals surface area contributed by atoms with Gasteiger partial charge < -0.3 is 10.1 Å². The van der Waals surface area contributed by atoms with E-state index in [-0.39, 0.29) is 0 Å². The van der Waals surface area contributed by atoms with E-state index in [2.05, 4.69) is 11.4 Å². The van der Waals surface area contributed by atoms with E-state index in [1.807, 2.05) is 35.0 Å². The van der Waals surface area contributed by atoms with Crippen LogP contribution < -0.4 is 10.1 Å². The molecule has 0 aliphatic carbocycles. The zero-order valence-electron chi connectivity index (χ0n) is 13.7. The standard InChI is InChI=1S/C19H17Cl2N3O/c1-25-14-4-2-3-12(9-14)10-17-15-7-8-22-19(15)24(23-17)18-6-5-13(20)11-16(18)21/h2-6,9,11,22H,7-8,10H2,1H3. The topological polar surface area (TPSA) is 39.1 Å². The summed E-state index contributed by atoms with van der Waals surface area (Å²) >= 11 is 12.4. The van der Waals surface area contributed by atoms with Crippen molar-refractivity contribution in [2.75, 3.05) is 19.0 Å². The number of fused-ring (bicyclic) bond motifs is 1. The van der Waals surface area contributed by atoms with Gasteiger partial charge in [0.15, 0.2) is 0 Å². The van der Waals surface area contributed by atoms with E-state index in [1.165, 1.54) is 11.1 Å². The lowest BCUT2D eigenvalue weighted by Crippen LogP contribution is -2.05.